The maximum absolute atomic E-state index is 14.8. The molecular formula is C40H49ClF5N5O9S. The van der Waals surface area contributed by atoms with Crippen LogP contribution in [0.5, 0.6) is 11.8 Å². The Morgan fingerprint density at radius 1 is 1.11 bits per heavy atom. The average Bonchev–Trinajstić information content (AvgIpc) is 4.04. The zero-order valence-electron chi connectivity index (χ0n) is 34.1. The van der Waals surface area contributed by atoms with Crippen molar-refractivity contribution in [3.8, 4) is 11.8 Å². The van der Waals surface area contributed by atoms with Gasteiger partial charge in [0.1, 0.15) is 23.7 Å². The van der Waals surface area contributed by atoms with Crippen molar-refractivity contribution in [1.29, 1.82) is 0 Å². The lowest BCUT2D eigenvalue weighted by atomic mass is 9.88. The molecular weight excluding hydrogens is 857 g/mol. The number of alkyl carbamates (subject to hydrolysis) is 1. The summed E-state index contributed by atoms with van der Waals surface area (Å²) in [5.41, 5.74) is -4.67. The molecule has 61 heavy (non-hydrogen) atoms. The minimum absolute atomic E-state index is 0.0353. The number of allylic oxidation sites excluding steroid dienone is 1. The Balaban J connectivity index is 1.37. The van der Waals surface area contributed by atoms with Crippen molar-refractivity contribution in [3.63, 3.8) is 0 Å². The topological polar surface area (TPSA) is 182 Å². The first-order valence-electron chi connectivity index (χ1n) is 20.0. The van der Waals surface area contributed by atoms with Crippen molar-refractivity contribution < 1.29 is 63.8 Å². The summed E-state index contributed by atoms with van der Waals surface area (Å²) in [7, 11) is -4.14. The number of benzene rings is 1. The summed E-state index contributed by atoms with van der Waals surface area (Å²) in [6.45, 7) is 4.94. The van der Waals surface area contributed by atoms with Gasteiger partial charge in [-0.3, -0.25) is 19.1 Å². The summed E-state index contributed by atoms with van der Waals surface area (Å²) in [5, 5.41) is 5.90. The number of ether oxygens (including phenoxy) is 3. The third-order valence-corrected chi connectivity index (χ3v) is 14.4. The van der Waals surface area contributed by atoms with E-state index in [-0.39, 0.29) is 42.1 Å². The standard InChI is InChI=1S/C40H49ClF5N5O9S/c1-21-9-6-7-10-23-18-39(23,35(54)50-61(56,57)38(5)13-14-38)49-32(52)28-16-24(59-33-25-11-8-12-27(41)26(25)17-30(47-33)58-20-29(42)43)19-51(28)34(53)31(22(2)15-21)48-36(55)60-37(3,4)40(44,45)46/h7-8,10-12,17,21-24,28-29,31H,6,9,13-16,18-20H2,1-5H3,(H,48,55)(H,49,52)(H,50,54)/b10-7-/t21-,22+,23?,24+,28-,31-,39+/m0/s1. The summed E-state index contributed by atoms with van der Waals surface area (Å²) < 4.78 is 111. The molecule has 0 spiro atoms. The van der Waals surface area contributed by atoms with Gasteiger partial charge in [0.05, 0.1) is 11.3 Å². The summed E-state index contributed by atoms with van der Waals surface area (Å²) in [6, 6.07) is 3.06. The van der Waals surface area contributed by atoms with Gasteiger partial charge in [-0.2, -0.15) is 18.2 Å². The Hall–Kier alpha value is -4.46. The second-order valence-electron chi connectivity index (χ2n) is 17.3. The SMILES string of the molecule is C[C@H]1CC/C=C\C2C[C@@]2(C(=O)NS(=O)(=O)C2(C)CC2)NC(=O)[C@@H]2C[C@@H](Oc3nc(OCC(F)F)cc4c(Cl)cccc34)CN2C(=O)[C@@H](NC(=O)OC(C)(C)C(F)(F)F)[C@H](C)C1. The van der Waals surface area contributed by atoms with E-state index in [0.717, 1.165) is 4.90 Å². The first-order chi connectivity index (χ1) is 28.4. The van der Waals surface area contributed by atoms with Gasteiger partial charge in [0.25, 0.3) is 12.3 Å². The third-order valence-electron chi connectivity index (χ3n) is 12.0. The molecule has 4 amide bonds. The highest BCUT2D eigenvalue weighted by Gasteiger charge is 2.63. The number of nitrogens with zero attached hydrogens (tertiary/aromatic N) is 2. The van der Waals surface area contributed by atoms with Gasteiger partial charge in [-0.05, 0) is 83.3 Å². The van der Waals surface area contributed by atoms with Crippen LogP contribution in [0.2, 0.25) is 5.02 Å². The number of hydrogen-bond donors (Lipinski definition) is 3. The number of alkyl halides is 5. The number of amides is 4. The van der Waals surface area contributed by atoms with E-state index in [1.807, 2.05) is 13.0 Å². The number of pyridine rings is 1. The molecule has 1 aromatic carbocycles. The Labute approximate surface area is 354 Å². The fourth-order valence-corrected chi connectivity index (χ4v) is 9.24. The molecule has 2 aromatic rings. The fraction of sp³-hybridized carbons (Fsp3) is 0.625. The van der Waals surface area contributed by atoms with E-state index in [2.05, 4.69) is 20.3 Å². The molecule has 2 aliphatic carbocycles. The molecule has 4 aliphatic rings. The van der Waals surface area contributed by atoms with E-state index in [0.29, 0.717) is 56.7 Å². The van der Waals surface area contributed by atoms with E-state index in [1.165, 1.54) is 13.0 Å². The monoisotopic (exact) mass is 905 g/mol. The van der Waals surface area contributed by atoms with Crippen LogP contribution in [0, 0.1) is 17.8 Å². The molecule has 0 radical (unpaired) electrons. The van der Waals surface area contributed by atoms with Crippen molar-refractivity contribution in [1.82, 2.24) is 25.2 Å². The molecule has 2 saturated carbocycles. The summed E-state index contributed by atoms with van der Waals surface area (Å²) >= 11 is 6.44. The summed E-state index contributed by atoms with van der Waals surface area (Å²) in [6.07, 6.45) is -5.09. The third kappa shape index (κ3) is 9.94. The van der Waals surface area contributed by atoms with E-state index >= 15 is 0 Å². The normalized spacial score (nSPS) is 28.7. The molecule has 14 nitrogen and oxygen atoms in total. The zero-order valence-corrected chi connectivity index (χ0v) is 35.7. The number of halogens is 6. The quantitative estimate of drug-likeness (QED) is 0.183. The van der Waals surface area contributed by atoms with Crippen molar-refractivity contribution in [2.45, 2.75) is 126 Å². The second-order valence-corrected chi connectivity index (χ2v) is 19.9. The van der Waals surface area contributed by atoms with E-state index in [1.54, 1.807) is 31.2 Å². The van der Waals surface area contributed by atoms with Crippen molar-refractivity contribution in [2.75, 3.05) is 13.2 Å². The van der Waals surface area contributed by atoms with Gasteiger partial charge < -0.3 is 29.7 Å². The van der Waals surface area contributed by atoms with Crippen LogP contribution in [0.25, 0.3) is 10.8 Å². The Morgan fingerprint density at radius 2 is 1.82 bits per heavy atom. The van der Waals surface area contributed by atoms with Crippen molar-refractivity contribution in [3.05, 3.63) is 41.4 Å². The van der Waals surface area contributed by atoms with Gasteiger partial charge in [0, 0.05) is 34.2 Å². The van der Waals surface area contributed by atoms with Gasteiger partial charge in [0.2, 0.25) is 39.2 Å². The first-order valence-corrected chi connectivity index (χ1v) is 21.8. The highest BCUT2D eigenvalue weighted by Crippen LogP contribution is 2.48. The van der Waals surface area contributed by atoms with Crippen LogP contribution >= 0.6 is 11.6 Å². The Morgan fingerprint density at radius 3 is 2.48 bits per heavy atom. The minimum atomic E-state index is -4.96. The zero-order chi connectivity index (χ0) is 44.9. The molecule has 1 aromatic heterocycles. The molecule has 3 N–H and O–H groups in total. The number of rotatable bonds is 10. The van der Waals surface area contributed by atoms with Crippen molar-refractivity contribution >= 4 is 56.2 Å². The number of carbonyl (C=O) groups excluding carboxylic acids is 4. The smallest absolute Gasteiger partial charge is 0.427 e. The second kappa shape index (κ2) is 17.0. The van der Waals surface area contributed by atoms with E-state index in [9.17, 15) is 49.5 Å². The average molecular weight is 906 g/mol. The van der Waals surface area contributed by atoms with Gasteiger partial charge in [-0.25, -0.2) is 22.0 Å². The maximum atomic E-state index is 14.8. The molecule has 3 fully saturated rings. The molecule has 1 unspecified atom stereocenters. The lowest BCUT2D eigenvalue weighted by molar-refractivity contribution is -0.244. The van der Waals surface area contributed by atoms with Crippen LogP contribution in [-0.4, -0.2) is 102 Å². The van der Waals surface area contributed by atoms with Gasteiger partial charge >= 0.3 is 12.3 Å². The summed E-state index contributed by atoms with van der Waals surface area (Å²) in [4.78, 5) is 61.8. The van der Waals surface area contributed by atoms with Gasteiger partial charge in [-0.1, -0.05) is 43.7 Å². The van der Waals surface area contributed by atoms with Crippen LogP contribution in [0.15, 0.2) is 36.4 Å². The van der Waals surface area contributed by atoms with Crippen LogP contribution in [0.3, 0.4) is 0 Å². The van der Waals surface area contributed by atoms with Crippen LogP contribution in [-0.2, 0) is 29.1 Å². The largest absolute Gasteiger partial charge is 0.472 e. The van der Waals surface area contributed by atoms with E-state index in [4.69, 9.17) is 25.8 Å². The maximum Gasteiger partial charge on any atom is 0.427 e. The lowest BCUT2D eigenvalue weighted by Gasteiger charge is -2.34. The molecule has 2 aliphatic heterocycles. The Kier molecular flexibility index (Phi) is 12.8. The number of carbonyl (C=O) groups is 4. The molecule has 1 saturated heterocycles. The van der Waals surface area contributed by atoms with E-state index < -0.39 is 99.0 Å². The number of hydrogen-bond acceptors (Lipinski definition) is 10. The molecule has 6 rings (SSSR count). The lowest BCUT2D eigenvalue weighted by Crippen LogP contribution is -2.59. The summed E-state index contributed by atoms with van der Waals surface area (Å²) in [5.74, 6) is -4.58. The number of aromatic nitrogens is 1. The molecule has 0 bridgehead atoms. The van der Waals surface area contributed by atoms with Crippen molar-refractivity contribution in [2.24, 2.45) is 17.8 Å². The number of sulfonamides is 1. The Bertz CT molecular complexity index is 2190. The van der Waals surface area contributed by atoms with Crippen LogP contribution in [0.4, 0.5) is 26.7 Å². The predicted molar refractivity (Wildman–Crippen MR) is 211 cm³/mol. The predicted octanol–water partition coefficient (Wildman–Crippen LogP) is 6.20. The molecule has 21 heteroatoms. The number of nitrogens with one attached hydrogen (secondary N) is 3. The van der Waals surface area contributed by atoms with Crippen LogP contribution in [0.1, 0.15) is 79.6 Å². The molecule has 3 heterocycles. The van der Waals surface area contributed by atoms with Crippen LogP contribution < -0.4 is 24.8 Å². The number of fused-ring (bicyclic) bond motifs is 3. The highest BCUT2D eigenvalue weighted by atomic mass is 35.5. The van der Waals surface area contributed by atoms with Gasteiger partial charge in [-0.15, -0.1) is 0 Å². The molecule has 7 atom stereocenters. The minimum Gasteiger partial charge on any atom is -0.472 e. The fourth-order valence-electron chi connectivity index (χ4n) is 7.70. The first kappa shape index (κ1) is 46.1. The highest BCUT2D eigenvalue weighted by molar-refractivity contribution is 7.91. The molecule has 336 valence electrons. The van der Waals surface area contributed by atoms with Gasteiger partial charge in [0.15, 0.2) is 6.61 Å².